The Kier molecular flexibility index (Phi) is 6.42. The summed E-state index contributed by atoms with van der Waals surface area (Å²) < 4.78 is 27.8. The third kappa shape index (κ3) is 4.55. The summed E-state index contributed by atoms with van der Waals surface area (Å²) in [6.07, 6.45) is 0.629. The standard InChI is InChI=1S/C12H16Cl2N2O4S/c1-3-7(6-20-2)16-12(17)10-8(13)4-5-9(11(10)14)21(15,18)19/h4-5,7H,3,6H2,1-2H3,(H,16,17)(H2,15,18,19). The highest BCUT2D eigenvalue weighted by molar-refractivity contribution is 7.89. The van der Waals surface area contributed by atoms with Gasteiger partial charge in [-0.3, -0.25) is 4.79 Å². The Labute approximate surface area is 133 Å². The minimum absolute atomic E-state index is 0.0390. The predicted molar refractivity (Wildman–Crippen MR) is 81.3 cm³/mol. The molecule has 1 atom stereocenters. The van der Waals surface area contributed by atoms with E-state index >= 15 is 0 Å². The average molecular weight is 355 g/mol. The van der Waals surface area contributed by atoms with Crippen molar-refractivity contribution in [3.05, 3.63) is 27.7 Å². The van der Waals surface area contributed by atoms with Gasteiger partial charge in [0.05, 0.1) is 28.3 Å². The molecule has 1 unspecified atom stereocenters. The monoisotopic (exact) mass is 354 g/mol. The number of carbonyl (C=O) groups is 1. The van der Waals surface area contributed by atoms with Crippen molar-refractivity contribution in [2.24, 2.45) is 5.14 Å². The molecule has 0 aromatic heterocycles. The lowest BCUT2D eigenvalue weighted by molar-refractivity contribution is 0.0894. The number of rotatable bonds is 6. The van der Waals surface area contributed by atoms with Gasteiger partial charge in [-0.25, -0.2) is 13.6 Å². The van der Waals surface area contributed by atoms with E-state index in [0.717, 1.165) is 6.07 Å². The van der Waals surface area contributed by atoms with Crippen LogP contribution in [-0.2, 0) is 14.8 Å². The molecule has 1 rings (SSSR count). The quantitative estimate of drug-likeness (QED) is 0.813. The van der Waals surface area contributed by atoms with Crippen LogP contribution in [0, 0.1) is 0 Å². The number of primary sulfonamides is 1. The summed E-state index contributed by atoms with van der Waals surface area (Å²) in [4.78, 5) is 11.9. The van der Waals surface area contributed by atoms with Crippen LogP contribution < -0.4 is 10.5 Å². The summed E-state index contributed by atoms with van der Waals surface area (Å²) in [7, 11) is -2.54. The molecular weight excluding hydrogens is 339 g/mol. The number of nitrogens with one attached hydrogen (secondary N) is 1. The molecule has 0 spiro atoms. The highest BCUT2D eigenvalue weighted by Crippen LogP contribution is 2.30. The fourth-order valence-corrected chi connectivity index (χ4v) is 3.16. The zero-order chi connectivity index (χ0) is 16.2. The lowest BCUT2D eigenvalue weighted by atomic mass is 10.1. The summed E-state index contributed by atoms with van der Waals surface area (Å²) >= 11 is 11.9. The molecule has 0 fully saturated rings. The number of methoxy groups -OCH3 is 1. The Bertz CT molecular complexity index is 634. The second-order valence-electron chi connectivity index (χ2n) is 4.31. The number of ether oxygens (including phenoxy) is 1. The van der Waals surface area contributed by atoms with E-state index in [1.165, 1.54) is 13.2 Å². The third-order valence-electron chi connectivity index (χ3n) is 2.79. The Balaban J connectivity index is 3.21. The van der Waals surface area contributed by atoms with Crippen molar-refractivity contribution in [2.45, 2.75) is 24.3 Å². The molecule has 0 radical (unpaired) electrons. The first-order valence-corrected chi connectivity index (χ1v) is 8.33. The van der Waals surface area contributed by atoms with Gasteiger partial charge >= 0.3 is 0 Å². The molecular formula is C12H16Cl2N2O4S. The van der Waals surface area contributed by atoms with Crippen molar-refractivity contribution in [2.75, 3.05) is 13.7 Å². The van der Waals surface area contributed by atoms with Crippen LogP contribution in [0.5, 0.6) is 0 Å². The molecule has 0 saturated heterocycles. The lowest BCUT2D eigenvalue weighted by Crippen LogP contribution is -2.38. The summed E-state index contributed by atoms with van der Waals surface area (Å²) in [5.41, 5.74) is -0.126. The van der Waals surface area contributed by atoms with Gasteiger partial charge in [-0.2, -0.15) is 0 Å². The van der Waals surface area contributed by atoms with E-state index in [0.29, 0.717) is 13.0 Å². The highest BCUT2D eigenvalue weighted by Gasteiger charge is 2.24. The first-order chi connectivity index (χ1) is 9.72. The van der Waals surface area contributed by atoms with Crippen LogP contribution in [0.25, 0.3) is 0 Å². The van der Waals surface area contributed by atoms with Gasteiger partial charge in [0.1, 0.15) is 4.90 Å². The van der Waals surface area contributed by atoms with E-state index in [4.69, 9.17) is 33.1 Å². The zero-order valence-corrected chi connectivity index (χ0v) is 13.8. The second-order valence-corrected chi connectivity index (χ2v) is 6.63. The number of hydrogen-bond acceptors (Lipinski definition) is 4. The van der Waals surface area contributed by atoms with Crippen molar-refractivity contribution in [1.82, 2.24) is 5.32 Å². The first-order valence-electron chi connectivity index (χ1n) is 6.03. The van der Waals surface area contributed by atoms with E-state index in [1.54, 1.807) is 0 Å². The van der Waals surface area contributed by atoms with Crippen LogP contribution in [-0.4, -0.2) is 34.1 Å². The van der Waals surface area contributed by atoms with E-state index < -0.39 is 15.9 Å². The number of amides is 1. The molecule has 118 valence electrons. The molecule has 1 aromatic rings. The number of halogens is 2. The fourth-order valence-electron chi connectivity index (χ4n) is 1.68. The largest absolute Gasteiger partial charge is 0.383 e. The normalized spacial score (nSPS) is 13.0. The van der Waals surface area contributed by atoms with Crippen LogP contribution in [0.1, 0.15) is 23.7 Å². The number of benzene rings is 1. The van der Waals surface area contributed by atoms with E-state index in [2.05, 4.69) is 5.32 Å². The maximum absolute atomic E-state index is 12.2. The summed E-state index contributed by atoms with van der Waals surface area (Å²) in [6.45, 7) is 2.18. The summed E-state index contributed by atoms with van der Waals surface area (Å²) in [5.74, 6) is -0.584. The van der Waals surface area contributed by atoms with Crippen molar-refractivity contribution >= 4 is 39.1 Å². The first kappa shape index (κ1) is 18.2. The highest BCUT2D eigenvalue weighted by atomic mass is 35.5. The van der Waals surface area contributed by atoms with Gasteiger partial charge in [-0.1, -0.05) is 30.1 Å². The Hall–Kier alpha value is -0.860. The van der Waals surface area contributed by atoms with Crippen LogP contribution in [0.15, 0.2) is 17.0 Å². The molecule has 6 nitrogen and oxygen atoms in total. The molecule has 0 heterocycles. The van der Waals surface area contributed by atoms with Gasteiger partial charge < -0.3 is 10.1 Å². The molecule has 21 heavy (non-hydrogen) atoms. The lowest BCUT2D eigenvalue weighted by Gasteiger charge is -2.17. The molecule has 1 aromatic carbocycles. The van der Waals surface area contributed by atoms with E-state index in [-0.39, 0.29) is 26.5 Å². The second kappa shape index (κ2) is 7.42. The fraction of sp³-hybridized carbons (Fsp3) is 0.417. The van der Waals surface area contributed by atoms with Gasteiger partial charge in [-0.05, 0) is 18.6 Å². The predicted octanol–water partition coefficient (Wildman–Crippen LogP) is 1.80. The van der Waals surface area contributed by atoms with Gasteiger partial charge in [0.2, 0.25) is 10.0 Å². The van der Waals surface area contributed by atoms with Crippen molar-refractivity contribution < 1.29 is 17.9 Å². The van der Waals surface area contributed by atoms with E-state index in [9.17, 15) is 13.2 Å². The van der Waals surface area contributed by atoms with Crippen molar-refractivity contribution in [3.8, 4) is 0 Å². The minimum Gasteiger partial charge on any atom is -0.383 e. The molecule has 1 amide bonds. The maximum Gasteiger partial charge on any atom is 0.254 e. The summed E-state index contributed by atoms with van der Waals surface area (Å²) in [5, 5.41) is 7.46. The Morgan fingerprint density at radius 3 is 2.52 bits per heavy atom. The van der Waals surface area contributed by atoms with Crippen LogP contribution >= 0.6 is 23.2 Å². The third-order valence-corrected chi connectivity index (χ3v) is 4.56. The maximum atomic E-state index is 12.2. The van der Waals surface area contributed by atoms with Gasteiger partial charge in [-0.15, -0.1) is 0 Å². The molecule has 9 heteroatoms. The topological polar surface area (TPSA) is 98.5 Å². The molecule has 0 aliphatic rings. The molecule has 0 aliphatic carbocycles. The van der Waals surface area contributed by atoms with Crippen LogP contribution in [0.2, 0.25) is 10.0 Å². The number of carbonyl (C=O) groups excluding carboxylic acids is 1. The number of hydrogen-bond donors (Lipinski definition) is 2. The molecule has 0 bridgehead atoms. The van der Waals surface area contributed by atoms with Crippen LogP contribution in [0.3, 0.4) is 0 Å². The van der Waals surface area contributed by atoms with Crippen molar-refractivity contribution in [1.29, 1.82) is 0 Å². The Morgan fingerprint density at radius 2 is 2.05 bits per heavy atom. The SMILES string of the molecule is CCC(COC)NC(=O)c1c(Cl)ccc(S(N)(=O)=O)c1Cl. The van der Waals surface area contributed by atoms with Gasteiger partial charge in [0, 0.05) is 7.11 Å². The zero-order valence-electron chi connectivity index (χ0n) is 11.5. The minimum atomic E-state index is -4.05. The van der Waals surface area contributed by atoms with Gasteiger partial charge in [0.25, 0.3) is 5.91 Å². The summed E-state index contributed by atoms with van der Waals surface area (Å²) in [6, 6.07) is 2.18. The average Bonchev–Trinajstić information content (AvgIpc) is 2.36. The number of nitrogens with two attached hydrogens (primary N) is 1. The van der Waals surface area contributed by atoms with Gasteiger partial charge in [0.15, 0.2) is 0 Å². The molecule has 0 saturated carbocycles. The van der Waals surface area contributed by atoms with E-state index in [1.807, 2.05) is 6.92 Å². The van der Waals surface area contributed by atoms with Crippen molar-refractivity contribution in [3.63, 3.8) is 0 Å². The molecule has 0 aliphatic heterocycles. The smallest absolute Gasteiger partial charge is 0.254 e. The molecule has 3 N–H and O–H groups in total. The Morgan fingerprint density at radius 1 is 1.43 bits per heavy atom. The number of sulfonamides is 1. The van der Waals surface area contributed by atoms with Crippen LogP contribution in [0.4, 0.5) is 0 Å².